The summed E-state index contributed by atoms with van der Waals surface area (Å²) in [7, 11) is 3.24. The Bertz CT molecular complexity index is 625. The third kappa shape index (κ3) is 5.07. The molecule has 0 unspecified atom stereocenters. The molecule has 2 rings (SSSR count). The molecule has 1 fully saturated rings. The fraction of sp³-hybridized carbons (Fsp3) is 0.421. The SMILES string of the molecule is COc1ccc(C#CCCC/C=C/N2CCCC2=O)cc1OC. The average Bonchev–Trinajstić information content (AvgIpc) is 2.98. The maximum Gasteiger partial charge on any atom is 0.226 e. The van der Waals surface area contributed by atoms with Crippen LogP contribution in [0.2, 0.25) is 0 Å². The highest BCUT2D eigenvalue weighted by Crippen LogP contribution is 2.27. The summed E-state index contributed by atoms with van der Waals surface area (Å²) in [5.74, 6) is 7.93. The van der Waals surface area contributed by atoms with Crippen LogP contribution in [0.15, 0.2) is 30.5 Å². The van der Waals surface area contributed by atoms with Gasteiger partial charge >= 0.3 is 0 Å². The molecule has 0 aromatic heterocycles. The fourth-order valence-electron chi connectivity index (χ4n) is 2.42. The minimum Gasteiger partial charge on any atom is -0.493 e. The van der Waals surface area contributed by atoms with Gasteiger partial charge in [-0.2, -0.15) is 0 Å². The molecule has 1 aliphatic heterocycles. The summed E-state index contributed by atoms with van der Waals surface area (Å²) >= 11 is 0. The van der Waals surface area contributed by atoms with E-state index in [1.54, 1.807) is 19.1 Å². The number of rotatable bonds is 6. The van der Waals surface area contributed by atoms with Crippen molar-refractivity contribution in [2.24, 2.45) is 0 Å². The van der Waals surface area contributed by atoms with Gasteiger partial charge in [0.05, 0.1) is 14.2 Å². The highest BCUT2D eigenvalue weighted by atomic mass is 16.5. The molecule has 1 aromatic carbocycles. The minimum absolute atomic E-state index is 0.231. The van der Waals surface area contributed by atoms with E-state index < -0.39 is 0 Å². The molecule has 0 atom stereocenters. The van der Waals surface area contributed by atoms with E-state index in [2.05, 4.69) is 17.9 Å². The summed E-state index contributed by atoms with van der Waals surface area (Å²) in [6.45, 7) is 0.856. The molecule has 0 radical (unpaired) electrons. The van der Waals surface area contributed by atoms with Gasteiger partial charge in [-0.15, -0.1) is 0 Å². The van der Waals surface area contributed by atoms with Crippen LogP contribution in [0.3, 0.4) is 0 Å². The zero-order chi connectivity index (χ0) is 16.5. The van der Waals surface area contributed by atoms with Crippen molar-refractivity contribution in [1.29, 1.82) is 0 Å². The maximum atomic E-state index is 11.4. The zero-order valence-electron chi connectivity index (χ0n) is 13.8. The van der Waals surface area contributed by atoms with E-state index in [-0.39, 0.29) is 5.91 Å². The molecule has 0 aliphatic carbocycles. The second-order valence-electron chi connectivity index (χ2n) is 5.34. The molecule has 0 saturated carbocycles. The van der Waals surface area contributed by atoms with E-state index in [0.29, 0.717) is 17.9 Å². The van der Waals surface area contributed by atoms with Gasteiger partial charge < -0.3 is 14.4 Å². The Morgan fingerprint density at radius 3 is 2.78 bits per heavy atom. The van der Waals surface area contributed by atoms with Crippen LogP contribution in [0.1, 0.15) is 37.7 Å². The van der Waals surface area contributed by atoms with Crippen molar-refractivity contribution >= 4 is 5.91 Å². The van der Waals surface area contributed by atoms with Crippen molar-refractivity contribution < 1.29 is 14.3 Å². The van der Waals surface area contributed by atoms with Crippen molar-refractivity contribution in [3.63, 3.8) is 0 Å². The molecule has 1 aromatic rings. The number of hydrogen-bond acceptors (Lipinski definition) is 3. The molecule has 4 heteroatoms. The molecule has 0 bridgehead atoms. The highest BCUT2D eigenvalue weighted by Gasteiger charge is 2.16. The number of ether oxygens (including phenoxy) is 2. The largest absolute Gasteiger partial charge is 0.493 e. The van der Waals surface area contributed by atoms with Crippen LogP contribution in [0, 0.1) is 11.8 Å². The molecule has 1 heterocycles. The summed E-state index contributed by atoms with van der Waals surface area (Å²) in [6.07, 6.45) is 8.37. The molecule has 4 nitrogen and oxygen atoms in total. The predicted molar refractivity (Wildman–Crippen MR) is 90.4 cm³/mol. The summed E-state index contributed by atoms with van der Waals surface area (Å²) in [4.78, 5) is 13.2. The van der Waals surface area contributed by atoms with Crippen molar-refractivity contribution in [3.8, 4) is 23.3 Å². The molecular weight excluding hydrogens is 290 g/mol. The number of allylic oxidation sites excluding steroid dienone is 1. The molecule has 0 spiro atoms. The van der Waals surface area contributed by atoms with Gasteiger partial charge in [0.2, 0.25) is 5.91 Å². The predicted octanol–water partition coefficient (Wildman–Crippen LogP) is 3.36. The number of carbonyl (C=O) groups excluding carboxylic acids is 1. The minimum atomic E-state index is 0.231. The number of amides is 1. The molecule has 1 saturated heterocycles. The Kier molecular flexibility index (Phi) is 6.56. The van der Waals surface area contributed by atoms with Crippen LogP contribution in [0.5, 0.6) is 11.5 Å². The lowest BCUT2D eigenvalue weighted by molar-refractivity contribution is -0.125. The molecular formula is C19H23NO3. The van der Waals surface area contributed by atoms with Crippen LogP contribution in [0.25, 0.3) is 0 Å². The smallest absolute Gasteiger partial charge is 0.226 e. The summed E-state index contributed by atoms with van der Waals surface area (Å²) in [5, 5.41) is 0. The Morgan fingerprint density at radius 2 is 2.09 bits per heavy atom. The lowest BCUT2D eigenvalue weighted by atomic mass is 10.2. The average molecular weight is 313 g/mol. The van der Waals surface area contributed by atoms with Gasteiger partial charge in [-0.25, -0.2) is 0 Å². The first kappa shape index (κ1) is 17.0. The molecule has 1 amide bonds. The number of nitrogens with zero attached hydrogens (tertiary/aromatic N) is 1. The Labute approximate surface area is 138 Å². The molecule has 122 valence electrons. The second kappa shape index (κ2) is 8.89. The lowest BCUT2D eigenvalue weighted by Gasteiger charge is -2.07. The Morgan fingerprint density at radius 1 is 1.26 bits per heavy atom. The fourth-order valence-corrected chi connectivity index (χ4v) is 2.42. The topological polar surface area (TPSA) is 38.8 Å². The van der Waals surface area contributed by atoms with Gasteiger partial charge in [0.1, 0.15) is 0 Å². The van der Waals surface area contributed by atoms with Gasteiger partial charge in [0, 0.05) is 31.1 Å². The molecule has 1 aliphatic rings. The van der Waals surface area contributed by atoms with E-state index in [1.165, 1.54) is 0 Å². The third-order valence-corrected chi connectivity index (χ3v) is 3.68. The van der Waals surface area contributed by atoms with E-state index in [9.17, 15) is 4.79 Å². The number of benzene rings is 1. The van der Waals surface area contributed by atoms with Crippen LogP contribution >= 0.6 is 0 Å². The van der Waals surface area contributed by atoms with E-state index in [1.807, 2.05) is 24.4 Å². The van der Waals surface area contributed by atoms with E-state index in [0.717, 1.165) is 37.8 Å². The van der Waals surface area contributed by atoms with Gasteiger partial charge in [0.25, 0.3) is 0 Å². The standard InChI is InChI=1S/C19H23NO3/c1-22-17-12-11-16(15-18(17)23-2)9-6-4-3-5-7-13-20-14-8-10-19(20)21/h7,11-13,15H,3-5,8,10,14H2,1-2H3/b13-7+. The lowest BCUT2D eigenvalue weighted by Crippen LogP contribution is -2.17. The van der Waals surface area contributed by atoms with Gasteiger partial charge in [-0.1, -0.05) is 17.9 Å². The highest BCUT2D eigenvalue weighted by molar-refractivity contribution is 5.79. The second-order valence-corrected chi connectivity index (χ2v) is 5.34. The summed E-state index contributed by atoms with van der Waals surface area (Å²) in [6, 6.07) is 5.66. The first-order chi connectivity index (χ1) is 11.2. The summed E-state index contributed by atoms with van der Waals surface area (Å²) < 4.78 is 10.5. The van der Waals surface area contributed by atoms with Crippen molar-refractivity contribution in [1.82, 2.24) is 4.90 Å². The maximum absolute atomic E-state index is 11.4. The number of methoxy groups -OCH3 is 2. The quantitative estimate of drug-likeness (QED) is 0.597. The molecule has 23 heavy (non-hydrogen) atoms. The van der Waals surface area contributed by atoms with Crippen LogP contribution in [-0.4, -0.2) is 31.6 Å². The van der Waals surface area contributed by atoms with Crippen LogP contribution < -0.4 is 9.47 Å². The van der Waals surface area contributed by atoms with Gasteiger partial charge in [-0.05, 0) is 37.5 Å². The number of likely N-dealkylation sites (tertiary alicyclic amines) is 1. The first-order valence-corrected chi connectivity index (χ1v) is 7.91. The number of carbonyl (C=O) groups is 1. The van der Waals surface area contributed by atoms with Crippen molar-refractivity contribution in [2.75, 3.05) is 20.8 Å². The first-order valence-electron chi connectivity index (χ1n) is 7.91. The number of hydrogen-bond donors (Lipinski definition) is 0. The van der Waals surface area contributed by atoms with Crippen LogP contribution in [0.4, 0.5) is 0 Å². The Balaban J connectivity index is 1.75. The Hall–Kier alpha value is -2.41. The summed E-state index contributed by atoms with van der Waals surface area (Å²) in [5.41, 5.74) is 0.917. The van der Waals surface area contributed by atoms with Gasteiger partial charge in [-0.3, -0.25) is 4.79 Å². The molecule has 0 N–H and O–H groups in total. The number of unbranched alkanes of at least 4 members (excludes halogenated alkanes) is 2. The van der Waals surface area contributed by atoms with Gasteiger partial charge in [0.15, 0.2) is 11.5 Å². The van der Waals surface area contributed by atoms with Crippen molar-refractivity contribution in [2.45, 2.75) is 32.1 Å². The zero-order valence-corrected chi connectivity index (χ0v) is 13.8. The van der Waals surface area contributed by atoms with E-state index >= 15 is 0 Å². The van der Waals surface area contributed by atoms with Crippen LogP contribution in [-0.2, 0) is 4.79 Å². The van der Waals surface area contributed by atoms with Crippen molar-refractivity contribution in [3.05, 3.63) is 36.0 Å². The monoisotopic (exact) mass is 313 g/mol. The van der Waals surface area contributed by atoms with E-state index in [4.69, 9.17) is 9.47 Å². The third-order valence-electron chi connectivity index (χ3n) is 3.68. The normalized spacial score (nSPS) is 14.0.